The van der Waals surface area contributed by atoms with Crippen LogP contribution in [-0.2, 0) is 10.2 Å². The number of benzene rings is 1. The quantitative estimate of drug-likeness (QED) is 0.875. The predicted molar refractivity (Wildman–Crippen MR) is 87.2 cm³/mol. The molecule has 1 fully saturated rings. The number of carbonyl (C=O) groups is 1. The molecule has 0 aliphatic heterocycles. The lowest BCUT2D eigenvalue weighted by atomic mass is 9.67. The van der Waals surface area contributed by atoms with Crippen LogP contribution in [0.25, 0.3) is 0 Å². The first-order valence-corrected chi connectivity index (χ1v) is 8.16. The molecule has 1 aromatic carbocycles. The van der Waals surface area contributed by atoms with E-state index in [4.69, 9.17) is 5.73 Å². The van der Waals surface area contributed by atoms with E-state index in [0.717, 1.165) is 32.1 Å². The van der Waals surface area contributed by atoms with Crippen molar-refractivity contribution in [3.63, 3.8) is 0 Å². The first kappa shape index (κ1) is 16.0. The molecule has 0 spiro atoms. The van der Waals surface area contributed by atoms with Crippen molar-refractivity contribution in [3.05, 3.63) is 35.4 Å². The molecule has 3 heteroatoms. The van der Waals surface area contributed by atoms with Gasteiger partial charge in [0.05, 0.1) is 5.41 Å². The van der Waals surface area contributed by atoms with Gasteiger partial charge in [-0.1, -0.05) is 43.5 Å². The molecule has 1 aliphatic carbocycles. The van der Waals surface area contributed by atoms with Crippen LogP contribution in [0.2, 0.25) is 0 Å². The summed E-state index contributed by atoms with van der Waals surface area (Å²) >= 11 is 0. The molecular formula is C18H28N2O. The van der Waals surface area contributed by atoms with Crippen LogP contribution < -0.4 is 11.1 Å². The fraction of sp³-hybridized carbons (Fsp3) is 0.611. The van der Waals surface area contributed by atoms with Crippen molar-refractivity contribution < 1.29 is 4.79 Å². The van der Waals surface area contributed by atoms with Gasteiger partial charge < -0.3 is 11.1 Å². The fourth-order valence-electron chi connectivity index (χ4n) is 3.47. The van der Waals surface area contributed by atoms with Gasteiger partial charge in [0, 0.05) is 12.6 Å². The van der Waals surface area contributed by atoms with Gasteiger partial charge in [-0.3, -0.25) is 4.79 Å². The molecule has 0 heterocycles. The van der Waals surface area contributed by atoms with Gasteiger partial charge >= 0.3 is 0 Å². The number of nitrogens with two attached hydrogens (primary N) is 1. The predicted octanol–water partition coefficient (Wildman–Crippen LogP) is 3.05. The van der Waals surface area contributed by atoms with Crippen molar-refractivity contribution in [3.8, 4) is 0 Å². The van der Waals surface area contributed by atoms with Crippen molar-refractivity contribution in [2.75, 3.05) is 6.54 Å². The minimum absolute atomic E-state index is 0.131. The third kappa shape index (κ3) is 3.65. The summed E-state index contributed by atoms with van der Waals surface area (Å²) in [7, 11) is 0. The summed E-state index contributed by atoms with van der Waals surface area (Å²) in [5, 5.41) is 3.13. The Balaban J connectivity index is 2.21. The van der Waals surface area contributed by atoms with E-state index in [1.54, 1.807) is 0 Å². The Morgan fingerprint density at radius 3 is 2.57 bits per heavy atom. The Labute approximate surface area is 128 Å². The van der Waals surface area contributed by atoms with Crippen molar-refractivity contribution in [1.29, 1.82) is 0 Å². The highest BCUT2D eigenvalue weighted by molar-refractivity contribution is 5.88. The molecule has 0 saturated heterocycles. The highest BCUT2D eigenvalue weighted by atomic mass is 16.2. The van der Waals surface area contributed by atoms with Crippen LogP contribution in [0.1, 0.15) is 56.6 Å². The number of hydrogen-bond donors (Lipinski definition) is 2. The first-order valence-electron chi connectivity index (χ1n) is 8.16. The number of amides is 1. The lowest BCUT2D eigenvalue weighted by Crippen LogP contribution is -2.47. The van der Waals surface area contributed by atoms with Gasteiger partial charge in [0.1, 0.15) is 0 Å². The third-order valence-corrected chi connectivity index (χ3v) is 4.69. The zero-order chi connectivity index (χ0) is 15.3. The number of hydrogen-bond acceptors (Lipinski definition) is 2. The van der Waals surface area contributed by atoms with Crippen molar-refractivity contribution >= 4 is 5.91 Å². The van der Waals surface area contributed by atoms with Gasteiger partial charge in [0.2, 0.25) is 5.91 Å². The van der Waals surface area contributed by atoms with E-state index in [9.17, 15) is 4.79 Å². The molecule has 0 aromatic heterocycles. The second-order valence-corrected chi connectivity index (χ2v) is 6.48. The summed E-state index contributed by atoms with van der Waals surface area (Å²) in [5.74, 6) is 0.192. The average Bonchev–Trinajstić information content (AvgIpc) is 2.48. The van der Waals surface area contributed by atoms with Crippen LogP contribution in [0.5, 0.6) is 0 Å². The van der Waals surface area contributed by atoms with Crippen molar-refractivity contribution in [2.24, 2.45) is 5.73 Å². The van der Waals surface area contributed by atoms with Gasteiger partial charge in [0.15, 0.2) is 0 Å². The minimum atomic E-state index is -0.332. The maximum Gasteiger partial charge on any atom is 0.230 e. The normalized spacial score (nSPS) is 19.0. The van der Waals surface area contributed by atoms with E-state index in [1.807, 2.05) is 19.1 Å². The van der Waals surface area contributed by atoms with E-state index in [1.165, 1.54) is 17.5 Å². The average molecular weight is 288 g/mol. The largest absolute Gasteiger partial charge is 0.355 e. The molecule has 2 rings (SSSR count). The van der Waals surface area contributed by atoms with Crippen LogP contribution in [0.15, 0.2) is 24.3 Å². The van der Waals surface area contributed by atoms with Gasteiger partial charge in [-0.05, 0) is 44.2 Å². The SMILES string of the molecule is Cc1ccccc1C1(C(=O)NCCC(C)N)CCCCC1. The number of nitrogens with one attached hydrogen (secondary N) is 1. The van der Waals surface area contributed by atoms with E-state index >= 15 is 0 Å². The molecule has 1 aromatic rings. The molecule has 0 bridgehead atoms. The second-order valence-electron chi connectivity index (χ2n) is 6.48. The smallest absolute Gasteiger partial charge is 0.230 e. The van der Waals surface area contributed by atoms with Crippen LogP contribution in [0.4, 0.5) is 0 Å². The molecule has 21 heavy (non-hydrogen) atoms. The summed E-state index contributed by atoms with van der Waals surface area (Å²) in [4.78, 5) is 12.9. The standard InChI is InChI=1S/C18H28N2O/c1-14-8-4-5-9-16(14)18(11-6-3-7-12-18)17(21)20-13-10-15(2)19/h4-5,8-9,15H,3,6-7,10-13,19H2,1-2H3,(H,20,21). The summed E-state index contributed by atoms with van der Waals surface area (Å²) in [6.07, 6.45) is 6.25. The molecule has 1 aliphatic rings. The summed E-state index contributed by atoms with van der Waals surface area (Å²) in [6, 6.07) is 8.47. The molecule has 116 valence electrons. The van der Waals surface area contributed by atoms with Gasteiger partial charge in [-0.15, -0.1) is 0 Å². The van der Waals surface area contributed by atoms with Crippen LogP contribution in [0.3, 0.4) is 0 Å². The molecular weight excluding hydrogens is 260 g/mol. The van der Waals surface area contributed by atoms with Gasteiger partial charge in [-0.2, -0.15) is 0 Å². The van der Waals surface area contributed by atoms with E-state index < -0.39 is 0 Å². The van der Waals surface area contributed by atoms with Gasteiger partial charge in [0.25, 0.3) is 0 Å². The maximum atomic E-state index is 12.9. The zero-order valence-electron chi connectivity index (χ0n) is 13.3. The van der Waals surface area contributed by atoms with Crippen molar-refractivity contribution in [2.45, 2.75) is 63.8 Å². The summed E-state index contributed by atoms with van der Waals surface area (Å²) in [6.45, 7) is 4.76. The Morgan fingerprint density at radius 2 is 1.95 bits per heavy atom. The van der Waals surface area contributed by atoms with Gasteiger partial charge in [-0.25, -0.2) is 0 Å². The Morgan fingerprint density at radius 1 is 1.29 bits per heavy atom. The van der Waals surface area contributed by atoms with E-state index in [-0.39, 0.29) is 17.4 Å². The Bertz CT molecular complexity index is 476. The summed E-state index contributed by atoms with van der Waals surface area (Å²) in [5.41, 5.74) is 7.88. The monoisotopic (exact) mass is 288 g/mol. The van der Waals surface area contributed by atoms with Crippen LogP contribution >= 0.6 is 0 Å². The highest BCUT2D eigenvalue weighted by Gasteiger charge is 2.41. The molecule has 3 N–H and O–H groups in total. The van der Waals surface area contributed by atoms with E-state index in [2.05, 4.69) is 24.4 Å². The lowest BCUT2D eigenvalue weighted by Gasteiger charge is -2.37. The lowest BCUT2D eigenvalue weighted by molar-refractivity contribution is -0.128. The Hall–Kier alpha value is -1.35. The number of carbonyl (C=O) groups excluding carboxylic acids is 1. The molecule has 1 saturated carbocycles. The van der Waals surface area contributed by atoms with Crippen LogP contribution in [-0.4, -0.2) is 18.5 Å². The fourth-order valence-corrected chi connectivity index (χ4v) is 3.47. The minimum Gasteiger partial charge on any atom is -0.355 e. The molecule has 1 unspecified atom stereocenters. The van der Waals surface area contributed by atoms with Crippen LogP contribution in [0, 0.1) is 6.92 Å². The highest BCUT2D eigenvalue weighted by Crippen LogP contribution is 2.41. The molecule has 1 amide bonds. The molecule has 1 atom stereocenters. The number of rotatable bonds is 5. The Kier molecular flexibility index (Phi) is 5.40. The molecule has 0 radical (unpaired) electrons. The topological polar surface area (TPSA) is 55.1 Å². The first-order chi connectivity index (χ1) is 10.1. The van der Waals surface area contributed by atoms with Crippen molar-refractivity contribution in [1.82, 2.24) is 5.32 Å². The second kappa shape index (κ2) is 7.08. The maximum absolute atomic E-state index is 12.9. The third-order valence-electron chi connectivity index (χ3n) is 4.69. The summed E-state index contributed by atoms with van der Waals surface area (Å²) < 4.78 is 0. The van der Waals surface area contributed by atoms with E-state index in [0.29, 0.717) is 6.54 Å². The zero-order valence-corrected chi connectivity index (χ0v) is 13.3. The molecule has 3 nitrogen and oxygen atoms in total. The number of aryl methyl sites for hydroxylation is 1.